The number of aliphatic hydroxyl groups is 1. The van der Waals surface area contributed by atoms with Gasteiger partial charge in [0.05, 0.1) is 12.4 Å². The number of H-pyrrole nitrogens is 1. The molecule has 1 fully saturated rings. The second kappa shape index (κ2) is 6.57. The van der Waals surface area contributed by atoms with E-state index in [0.717, 1.165) is 0 Å². The van der Waals surface area contributed by atoms with Gasteiger partial charge in [0, 0.05) is 31.4 Å². The third-order valence-corrected chi connectivity index (χ3v) is 3.72. The van der Waals surface area contributed by atoms with Gasteiger partial charge in [-0.05, 0) is 12.3 Å². The van der Waals surface area contributed by atoms with Crippen LogP contribution in [0.5, 0.6) is 0 Å². The Hall–Kier alpha value is -2.09. The standard InChI is InChI=1S/C13H20N4O4/c1-8-6-17(3-2-11(8)18)13(21)16-10(12(19)20)4-9-5-14-7-15-9/h5,7-8,10-11,18H,2-4,6H2,1H3,(H,14,15)(H,16,21)(H,19,20)/t8?,10-,11?/m0/s1. The molecule has 0 saturated carbocycles. The number of aliphatic carboxylic acids is 1. The average Bonchev–Trinajstić information content (AvgIpc) is 2.93. The smallest absolute Gasteiger partial charge is 0.326 e. The number of nitrogens with one attached hydrogen (secondary N) is 2. The van der Waals surface area contributed by atoms with E-state index in [9.17, 15) is 19.8 Å². The summed E-state index contributed by atoms with van der Waals surface area (Å²) in [5.74, 6) is -1.11. The van der Waals surface area contributed by atoms with Crippen LogP contribution in [-0.4, -0.2) is 62.3 Å². The van der Waals surface area contributed by atoms with Crippen molar-refractivity contribution >= 4 is 12.0 Å². The normalized spacial score (nSPS) is 23.6. The Labute approximate surface area is 122 Å². The van der Waals surface area contributed by atoms with Crippen LogP contribution in [0.1, 0.15) is 19.0 Å². The summed E-state index contributed by atoms with van der Waals surface area (Å²) in [6, 6.07) is -1.43. The van der Waals surface area contributed by atoms with Crippen LogP contribution in [0.4, 0.5) is 4.79 Å². The third kappa shape index (κ3) is 3.94. The molecule has 116 valence electrons. The van der Waals surface area contributed by atoms with Crippen LogP contribution in [0, 0.1) is 5.92 Å². The molecule has 21 heavy (non-hydrogen) atoms. The van der Waals surface area contributed by atoms with Crippen LogP contribution in [0.25, 0.3) is 0 Å². The van der Waals surface area contributed by atoms with Gasteiger partial charge in [-0.3, -0.25) is 0 Å². The van der Waals surface area contributed by atoms with Crippen LogP contribution in [0.15, 0.2) is 12.5 Å². The molecule has 1 aromatic rings. The van der Waals surface area contributed by atoms with Gasteiger partial charge in [-0.2, -0.15) is 0 Å². The van der Waals surface area contributed by atoms with Crippen LogP contribution >= 0.6 is 0 Å². The topological polar surface area (TPSA) is 119 Å². The van der Waals surface area contributed by atoms with Crippen LogP contribution in [-0.2, 0) is 11.2 Å². The molecule has 0 bridgehead atoms. The average molecular weight is 296 g/mol. The quantitative estimate of drug-likeness (QED) is 0.614. The van der Waals surface area contributed by atoms with Gasteiger partial charge in [-0.25, -0.2) is 14.6 Å². The number of nitrogens with zero attached hydrogens (tertiary/aromatic N) is 2. The minimum atomic E-state index is -1.09. The molecule has 1 aromatic heterocycles. The summed E-state index contributed by atoms with van der Waals surface area (Å²) >= 11 is 0. The number of carboxylic acids is 1. The third-order valence-electron chi connectivity index (χ3n) is 3.72. The Kier molecular flexibility index (Phi) is 4.79. The zero-order valence-electron chi connectivity index (χ0n) is 11.8. The first-order valence-corrected chi connectivity index (χ1v) is 6.91. The van der Waals surface area contributed by atoms with Gasteiger partial charge in [0.15, 0.2) is 0 Å². The number of carboxylic acid groups (broad SMARTS) is 1. The molecule has 1 aliphatic rings. The molecule has 2 heterocycles. The lowest BCUT2D eigenvalue weighted by Gasteiger charge is -2.34. The second-order valence-electron chi connectivity index (χ2n) is 5.40. The first-order chi connectivity index (χ1) is 9.97. The number of rotatable bonds is 4. The highest BCUT2D eigenvalue weighted by Crippen LogP contribution is 2.16. The molecule has 8 nitrogen and oxygen atoms in total. The lowest BCUT2D eigenvalue weighted by molar-refractivity contribution is -0.139. The van der Waals surface area contributed by atoms with Crippen molar-refractivity contribution in [2.75, 3.05) is 13.1 Å². The second-order valence-corrected chi connectivity index (χ2v) is 5.40. The minimum Gasteiger partial charge on any atom is -0.480 e. The van der Waals surface area contributed by atoms with Gasteiger partial charge in [-0.1, -0.05) is 6.92 Å². The molecule has 0 aliphatic carbocycles. The molecular weight excluding hydrogens is 276 g/mol. The Morgan fingerprint density at radius 1 is 1.62 bits per heavy atom. The Bertz CT molecular complexity index is 490. The van der Waals surface area contributed by atoms with Crippen LogP contribution in [0.3, 0.4) is 0 Å². The van der Waals surface area contributed by atoms with Gasteiger partial charge in [0.2, 0.25) is 0 Å². The molecule has 1 saturated heterocycles. The van der Waals surface area contributed by atoms with E-state index in [1.807, 2.05) is 6.92 Å². The molecule has 0 radical (unpaired) electrons. The number of aromatic nitrogens is 2. The van der Waals surface area contributed by atoms with E-state index in [0.29, 0.717) is 25.2 Å². The van der Waals surface area contributed by atoms with Gasteiger partial charge in [-0.15, -0.1) is 0 Å². The monoisotopic (exact) mass is 296 g/mol. The summed E-state index contributed by atoms with van der Waals surface area (Å²) in [7, 11) is 0. The molecule has 1 aliphatic heterocycles. The number of carbonyl (C=O) groups excluding carboxylic acids is 1. The Morgan fingerprint density at radius 2 is 2.38 bits per heavy atom. The van der Waals surface area contributed by atoms with E-state index in [2.05, 4.69) is 15.3 Å². The molecule has 4 N–H and O–H groups in total. The van der Waals surface area contributed by atoms with Crippen molar-refractivity contribution in [3.8, 4) is 0 Å². The largest absolute Gasteiger partial charge is 0.480 e. The molecule has 8 heteroatoms. The maximum absolute atomic E-state index is 12.1. The van der Waals surface area contributed by atoms with E-state index in [4.69, 9.17) is 0 Å². The first-order valence-electron chi connectivity index (χ1n) is 6.91. The van der Waals surface area contributed by atoms with Crippen molar-refractivity contribution in [3.63, 3.8) is 0 Å². The van der Waals surface area contributed by atoms with Gasteiger partial charge in [0.25, 0.3) is 0 Å². The number of aromatic amines is 1. The summed E-state index contributed by atoms with van der Waals surface area (Å²) in [4.78, 5) is 31.6. The Morgan fingerprint density at radius 3 is 2.95 bits per heavy atom. The minimum absolute atomic E-state index is 0.0135. The number of piperidine rings is 1. The summed E-state index contributed by atoms with van der Waals surface area (Å²) in [6.07, 6.45) is 3.24. The summed E-state index contributed by atoms with van der Waals surface area (Å²) in [6.45, 7) is 2.71. The molecule has 2 unspecified atom stereocenters. The van der Waals surface area contributed by atoms with E-state index in [-0.39, 0.29) is 12.3 Å². The van der Waals surface area contributed by atoms with Crippen molar-refractivity contribution in [2.24, 2.45) is 5.92 Å². The number of urea groups is 1. The zero-order valence-corrected chi connectivity index (χ0v) is 11.8. The Balaban J connectivity index is 1.93. The lowest BCUT2D eigenvalue weighted by atomic mass is 9.97. The number of hydrogen-bond donors (Lipinski definition) is 4. The summed E-state index contributed by atoms with van der Waals surface area (Å²) in [5, 5.41) is 21.4. The van der Waals surface area contributed by atoms with Crippen molar-refractivity contribution in [1.29, 1.82) is 0 Å². The van der Waals surface area contributed by atoms with Gasteiger partial charge >= 0.3 is 12.0 Å². The van der Waals surface area contributed by atoms with Crippen LogP contribution < -0.4 is 5.32 Å². The van der Waals surface area contributed by atoms with Crippen LogP contribution in [0.2, 0.25) is 0 Å². The molecule has 3 atom stereocenters. The fourth-order valence-electron chi connectivity index (χ4n) is 2.37. The summed E-state index contributed by atoms with van der Waals surface area (Å²) in [5.41, 5.74) is 0.644. The van der Waals surface area contributed by atoms with Crippen molar-refractivity contribution < 1.29 is 19.8 Å². The van der Waals surface area contributed by atoms with Crippen molar-refractivity contribution in [1.82, 2.24) is 20.2 Å². The fraction of sp³-hybridized carbons (Fsp3) is 0.615. The maximum Gasteiger partial charge on any atom is 0.326 e. The highest BCUT2D eigenvalue weighted by atomic mass is 16.4. The van der Waals surface area contributed by atoms with E-state index >= 15 is 0 Å². The number of likely N-dealkylation sites (tertiary alicyclic amines) is 1. The zero-order chi connectivity index (χ0) is 15.4. The predicted molar refractivity (Wildman–Crippen MR) is 73.6 cm³/mol. The van der Waals surface area contributed by atoms with Crippen molar-refractivity contribution in [2.45, 2.75) is 31.9 Å². The van der Waals surface area contributed by atoms with Crippen molar-refractivity contribution in [3.05, 3.63) is 18.2 Å². The highest BCUT2D eigenvalue weighted by Gasteiger charge is 2.29. The molecular formula is C13H20N4O4. The predicted octanol–water partition coefficient (Wildman–Crippen LogP) is -0.182. The molecule has 2 rings (SSSR count). The number of imidazole rings is 1. The highest BCUT2D eigenvalue weighted by molar-refractivity contribution is 5.82. The number of aliphatic hydroxyl groups excluding tert-OH is 1. The number of carbonyl (C=O) groups is 2. The number of amides is 2. The summed E-state index contributed by atoms with van der Waals surface area (Å²) < 4.78 is 0. The SMILES string of the molecule is CC1CN(C(=O)N[C@@H](Cc2cnc[nH]2)C(=O)O)CCC1O. The van der Waals surface area contributed by atoms with Gasteiger partial charge < -0.3 is 25.4 Å². The van der Waals surface area contributed by atoms with E-state index in [1.54, 1.807) is 4.90 Å². The van der Waals surface area contributed by atoms with E-state index in [1.165, 1.54) is 12.5 Å². The molecule has 2 amide bonds. The first kappa shape index (κ1) is 15.3. The number of hydrogen-bond acceptors (Lipinski definition) is 4. The lowest BCUT2D eigenvalue weighted by Crippen LogP contribution is -2.53. The maximum atomic E-state index is 12.1. The molecule has 0 spiro atoms. The van der Waals surface area contributed by atoms with E-state index < -0.39 is 24.1 Å². The fourth-order valence-corrected chi connectivity index (χ4v) is 2.37. The van der Waals surface area contributed by atoms with Gasteiger partial charge in [0.1, 0.15) is 6.04 Å². The molecule has 0 aromatic carbocycles.